The Morgan fingerprint density at radius 3 is 2.50 bits per heavy atom. The van der Waals surface area contributed by atoms with Crippen molar-refractivity contribution in [2.75, 3.05) is 0 Å². The third kappa shape index (κ3) is 3.27. The van der Waals surface area contributed by atoms with Gasteiger partial charge in [-0.2, -0.15) is 0 Å². The fourth-order valence-electron chi connectivity index (χ4n) is 1.85. The number of aliphatic hydroxyl groups excluding tert-OH is 1. The van der Waals surface area contributed by atoms with E-state index >= 15 is 0 Å². The molecule has 0 amide bonds. The van der Waals surface area contributed by atoms with Crippen LogP contribution >= 0.6 is 0 Å². The van der Waals surface area contributed by atoms with E-state index < -0.39 is 18.2 Å². The lowest BCUT2D eigenvalue weighted by Gasteiger charge is -2.18. The normalized spacial score (nSPS) is 13.1. The molecule has 0 aliphatic carbocycles. The maximum atomic E-state index is 12.4. The molecule has 1 N–H and O–H groups in total. The fourth-order valence-corrected chi connectivity index (χ4v) is 1.85. The highest BCUT2D eigenvalue weighted by Gasteiger charge is 2.33. The molecule has 2 aromatic rings. The molecule has 0 aliphatic heterocycles. The van der Waals surface area contributed by atoms with Crippen LogP contribution in [0.3, 0.4) is 0 Å². The number of halogens is 3. The predicted molar refractivity (Wildman–Crippen MR) is 66.2 cm³/mol. The number of alkyl halides is 3. The number of benzene rings is 1. The first-order valence-corrected chi connectivity index (χ1v) is 5.82. The Morgan fingerprint density at radius 1 is 1.15 bits per heavy atom. The number of nitrogens with zero attached hydrogens (tertiary/aromatic N) is 1. The number of rotatable bonds is 3. The molecule has 1 heterocycles. The predicted octanol–water partition coefficient (Wildman–Crippen LogP) is 3.37. The lowest BCUT2D eigenvalue weighted by molar-refractivity contribution is -0.275. The molecule has 6 heteroatoms. The van der Waals surface area contributed by atoms with Crippen molar-refractivity contribution in [1.82, 2.24) is 4.98 Å². The van der Waals surface area contributed by atoms with Crippen LogP contribution in [-0.4, -0.2) is 16.5 Å². The van der Waals surface area contributed by atoms with E-state index in [2.05, 4.69) is 9.72 Å². The van der Waals surface area contributed by atoms with Crippen LogP contribution in [0, 0.1) is 6.92 Å². The van der Waals surface area contributed by atoms with Gasteiger partial charge in [0.25, 0.3) is 0 Å². The smallest absolute Gasteiger partial charge is 0.405 e. The molecule has 0 radical (unpaired) electrons. The highest BCUT2D eigenvalue weighted by molar-refractivity contribution is 5.41. The molecule has 0 aliphatic rings. The van der Waals surface area contributed by atoms with Crippen molar-refractivity contribution in [3.63, 3.8) is 0 Å². The van der Waals surface area contributed by atoms with Crippen LogP contribution < -0.4 is 4.74 Å². The fraction of sp³-hybridized carbons (Fsp3) is 0.214. The summed E-state index contributed by atoms with van der Waals surface area (Å²) in [6.07, 6.45) is -3.07. The molecule has 0 fully saturated rings. The van der Waals surface area contributed by atoms with Crippen LogP contribution in [0.5, 0.6) is 5.75 Å². The second-order valence-electron chi connectivity index (χ2n) is 4.22. The average Bonchev–Trinajstić information content (AvgIpc) is 2.37. The van der Waals surface area contributed by atoms with E-state index in [-0.39, 0.29) is 5.56 Å². The van der Waals surface area contributed by atoms with Gasteiger partial charge < -0.3 is 9.84 Å². The second-order valence-corrected chi connectivity index (χ2v) is 4.22. The van der Waals surface area contributed by atoms with Crippen molar-refractivity contribution in [3.8, 4) is 5.75 Å². The molecule has 0 saturated carbocycles. The molecule has 20 heavy (non-hydrogen) atoms. The highest BCUT2D eigenvalue weighted by atomic mass is 19.4. The van der Waals surface area contributed by atoms with Gasteiger partial charge in [0.05, 0.1) is 0 Å². The minimum Gasteiger partial charge on any atom is -0.405 e. The van der Waals surface area contributed by atoms with Gasteiger partial charge in [-0.05, 0) is 24.6 Å². The summed E-state index contributed by atoms with van der Waals surface area (Å²) >= 11 is 0. The summed E-state index contributed by atoms with van der Waals surface area (Å²) in [5.41, 5.74) is 1.21. The zero-order valence-corrected chi connectivity index (χ0v) is 10.6. The van der Waals surface area contributed by atoms with E-state index in [1.54, 1.807) is 19.2 Å². The van der Waals surface area contributed by atoms with E-state index in [0.717, 1.165) is 11.6 Å². The molecular weight excluding hydrogens is 271 g/mol. The molecule has 1 aromatic carbocycles. The third-order valence-electron chi connectivity index (χ3n) is 2.81. The van der Waals surface area contributed by atoms with Gasteiger partial charge >= 0.3 is 6.36 Å². The Morgan fingerprint density at radius 2 is 1.85 bits per heavy atom. The Labute approximate surface area is 113 Å². The Balaban J connectivity index is 2.40. The van der Waals surface area contributed by atoms with Crippen LogP contribution in [0.25, 0.3) is 0 Å². The summed E-state index contributed by atoms with van der Waals surface area (Å²) in [6, 6.07) is 7.17. The minimum absolute atomic E-state index is 0.0425. The van der Waals surface area contributed by atoms with Crippen LogP contribution in [0.1, 0.15) is 22.8 Å². The van der Waals surface area contributed by atoms with E-state index in [1.807, 2.05) is 0 Å². The first-order chi connectivity index (χ1) is 9.38. The molecule has 3 nitrogen and oxygen atoms in total. The SMILES string of the molecule is Cc1ccncc1C(O)c1ccccc1OC(F)(F)F. The molecule has 0 spiro atoms. The number of hydrogen-bond acceptors (Lipinski definition) is 3. The van der Waals surface area contributed by atoms with Gasteiger partial charge in [0.15, 0.2) is 0 Å². The van der Waals surface area contributed by atoms with Gasteiger partial charge in [0, 0.05) is 23.5 Å². The van der Waals surface area contributed by atoms with E-state index in [1.165, 1.54) is 24.4 Å². The van der Waals surface area contributed by atoms with E-state index in [4.69, 9.17) is 0 Å². The molecule has 0 bridgehead atoms. The van der Waals surface area contributed by atoms with Gasteiger partial charge in [0.1, 0.15) is 11.9 Å². The number of ether oxygens (including phenoxy) is 1. The van der Waals surface area contributed by atoms with Gasteiger partial charge in [0.2, 0.25) is 0 Å². The summed E-state index contributed by atoms with van der Waals surface area (Å²) in [5, 5.41) is 10.3. The monoisotopic (exact) mass is 283 g/mol. The van der Waals surface area contributed by atoms with Crippen molar-refractivity contribution in [1.29, 1.82) is 0 Å². The van der Waals surface area contributed by atoms with Crippen LogP contribution in [-0.2, 0) is 0 Å². The number of aromatic nitrogens is 1. The molecule has 1 atom stereocenters. The number of aliphatic hydroxyl groups is 1. The first kappa shape index (κ1) is 14.3. The topological polar surface area (TPSA) is 42.4 Å². The molecule has 2 rings (SSSR count). The largest absolute Gasteiger partial charge is 0.573 e. The lowest BCUT2D eigenvalue weighted by atomic mass is 9.99. The summed E-state index contributed by atoms with van der Waals surface area (Å²) in [5.74, 6) is -0.421. The summed E-state index contributed by atoms with van der Waals surface area (Å²) < 4.78 is 41.0. The van der Waals surface area contributed by atoms with Crippen molar-refractivity contribution >= 4 is 0 Å². The Hall–Kier alpha value is -2.08. The zero-order valence-electron chi connectivity index (χ0n) is 10.6. The number of para-hydroxylation sites is 1. The van der Waals surface area contributed by atoms with E-state index in [9.17, 15) is 18.3 Å². The Bertz CT molecular complexity index is 599. The average molecular weight is 283 g/mol. The summed E-state index contributed by atoms with van der Waals surface area (Å²) in [6.45, 7) is 1.74. The maximum Gasteiger partial charge on any atom is 0.573 e. The third-order valence-corrected chi connectivity index (χ3v) is 2.81. The molecule has 0 saturated heterocycles. The highest BCUT2D eigenvalue weighted by Crippen LogP contribution is 2.33. The lowest BCUT2D eigenvalue weighted by Crippen LogP contribution is -2.19. The van der Waals surface area contributed by atoms with Crippen LogP contribution in [0.15, 0.2) is 42.7 Å². The Kier molecular flexibility index (Phi) is 3.94. The molecule has 1 unspecified atom stereocenters. The van der Waals surface area contributed by atoms with Crippen LogP contribution in [0.2, 0.25) is 0 Å². The second kappa shape index (κ2) is 5.50. The molecular formula is C14H12F3NO2. The van der Waals surface area contributed by atoms with Crippen molar-refractivity contribution in [2.24, 2.45) is 0 Å². The van der Waals surface area contributed by atoms with Crippen LogP contribution in [0.4, 0.5) is 13.2 Å². The van der Waals surface area contributed by atoms with Gasteiger partial charge in [-0.3, -0.25) is 4.98 Å². The number of aryl methyl sites for hydroxylation is 1. The van der Waals surface area contributed by atoms with Gasteiger partial charge in [-0.25, -0.2) is 0 Å². The molecule has 106 valence electrons. The van der Waals surface area contributed by atoms with E-state index in [0.29, 0.717) is 5.56 Å². The first-order valence-electron chi connectivity index (χ1n) is 5.82. The van der Waals surface area contributed by atoms with Crippen molar-refractivity contribution < 1.29 is 23.0 Å². The van der Waals surface area contributed by atoms with Gasteiger partial charge in [-0.15, -0.1) is 13.2 Å². The number of pyridine rings is 1. The summed E-state index contributed by atoms with van der Waals surface area (Å²) in [7, 11) is 0. The van der Waals surface area contributed by atoms with Crippen molar-refractivity contribution in [2.45, 2.75) is 19.4 Å². The maximum absolute atomic E-state index is 12.4. The zero-order chi connectivity index (χ0) is 14.8. The minimum atomic E-state index is -4.81. The van der Waals surface area contributed by atoms with Crippen molar-refractivity contribution in [3.05, 3.63) is 59.4 Å². The molecule has 1 aromatic heterocycles. The van der Waals surface area contributed by atoms with Gasteiger partial charge in [-0.1, -0.05) is 18.2 Å². The standard InChI is InChI=1S/C14H12F3NO2/c1-9-6-7-18-8-11(9)13(19)10-4-2-3-5-12(10)20-14(15,16)17/h2-8,13,19H,1H3. The number of hydrogen-bond donors (Lipinski definition) is 1. The summed E-state index contributed by atoms with van der Waals surface area (Å²) in [4.78, 5) is 3.87. The quantitative estimate of drug-likeness (QED) is 0.939.